The average molecular weight is 167 g/mol. The van der Waals surface area contributed by atoms with Gasteiger partial charge in [-0.15, -0.1) is 0 Å². The molecule has 0 unspecified atom stereocenters. The van der Waals surface area contributed by atoms with Crippen LogP contribution in [0.15, 0.2) is 6.33 Å². The molecule has 1 rings (SSSR count). The lowest BCUT2D eigenvalue weighted by atomic mass is 10.2. The van der Waals surface area contributed by atoms with Crippen LogP contribution in [-0.2, 0) is 6.54 Å². The molecule has 68 valence electrons. The number of rotatable bonds is 4. The average Bonchev–Trinajstić information content (AvgIpc) is 2.48. The maximum atomic E-state index is 4.22. The first-order valence-corrected chi connectivity index (χ1v) is 4.63. The lowest BCUT2D eigenvalue weighted by Crippen LogP contribution is -2.06. The molecule has 0 N–H and O–H groups in total. The Labute approximate surface area is 73.8 Å². The van der Waals surface area contributed by atoms with Gasteiger partial charge in [0.25, 0.3) is 0 Å². The molecule has 0 aliphatic heterocycles. The van der Waals surface area contributed by atoms with Crippen molar-refractivity contribution in [3.8, 4) is 0 Å². The Balaban J connectivity index is 2.64. The Morgan fingerprint density at radius 3 is 2.83 bits per heavy atom. The zero-order chi connectivity index (χ0) is 8.97. The highest BCUT2D eigenvalue weighted by Gasteiger charge is 2.06. The highest BCUT2D eigenvalue weighted by atomic mass is 15.3. The molecule has 12 heavy (non-hydrogen) atoms. The van der Waals surface area contributed by atoms with E-state index in [1.807, 2.05) is 4.68 Å². The number of hydrogen-bond acceptors (Lipinski definition) is 2. The summed E-state index contributed by atoms with van der Waals surface area (Å²) in [6.07, 6.45) is 4.03. The molecule has 0 atom stereocenters. The van der Waals surface area contributed by atoms with Gasteiger partial charge in [0.15, 0.2) is 0 Å². The number of aryl methyl sites for hydroxylation is 1. The summed E-state index contributed by atoms with van der Waals surface area (Å²) in [5.74, 6) is 1.58. The fraction of sp³-hybridized carbons (Fsp3) is 0.778. The summed E-state index contributed by atoms with van der Waals surface area (Å²) < 4.78 is 2.01. The molecule has 0 aromatic carbocycles. The maximum Gasteiger partial charge on any atom is 0.138 e. The summed E-state index contributed by atoms with van der Waals surface area (Å²) in [5.41, 5.74) is 0. The van der Waals surface area contributed by atoms with Crippen molar-refractivity contribution in [3.05, 3.63) is 12.2 Å². The van der Waals surface area contributed by atoms with Gasteiger partial charge in [0.2, 0.25) is 0 Å². The fourth-order valence-electron chi connectivity index (χ4n) is 1.20. The smallest absolute Gasteiger partial charge is 0.138 e. The summed E-state index contributed by atoms with van der Waals surface area (Å²) in [4.78, 5) is 4.22. The van der Waals surface area contributed by atoms with Gasteiger partial charge >= 0.3 is 0 Å². The third kappa shape index (κ3) is 2.06. The van der Waals surface area contributed by atoms with Crippen molar-refractivity contribution in [3.63, 3.8) is 0 Å². The van der Waals surface area contributed by atoms with Crippen LogP contribution in [0.25, 0.3) is 0 Å². The van der Waals surface area contributed by atoms with Gasteiger partial charge < -0.3 is 0 Å². The van der Waals surface area contributed by atoms with Crippen molar-refractivity contribution >= 4 is 0 Å². The van der Waals surface area contributed by atoms with E-state index >= 15 is 0 Å². The quantitative estimate of drug-likeness (QED) is 0.688. The van der Waals surface area contributed by atoms with E-state index in [-0.39, 0.29) is 0 Å². The van der Waals surface area contributed by atoms with Crippen LogP contribution in [0, 0.1) is 0 Å². The van der Waals surface area contributed by atoms with Gasteiger partial charge in [-0.05, 0) is 6.42 Å². The predicted molar refractivity (Wildman–Crippen MR) is 49.0 cm³/mol. The number of aromatic nitrogens is 3. The molecule has 1 aromatic rings. The van der Waals surface area contributed by atoms with E-state index in [9.17, 15) is 0 Å². The van der Waals surface area contributed by atoms with Crippen LogP contribution < -0.4 is 0 Å². The van der Waals surface area contributed by atoms with Crippen LogP contribution in [0.2, 0.25) is 0 Å². The van der Waals surface area contributed by atoms with Gasteiger partial charge in [-0.2, -0.15) is 5.10 Å². The van der Waals surface area contributed by atoms with Crippen LogP contribution in [-0.4, -0.2) is 14.8 Å². The maximum absolute atomic E-state index is 4.22. The molecular weight excluding hydrogens is 150 g/mol. The van der Waals surface area contributed by atoms with Gasteiger partial charge in [-0.1, -0.05) is 27.2 Å². The van der Waals surface area contributed by atoms with Crippen LogP contribution in [0.3, 0.4) is 0 Å². The van der Waals surface area contributed by atoms with Crippen LogP contribution >= 0.6 is 0 Å². The second-order valence-corrected chi connectivity index (χ2v) is 3.35. The molecule has 0 aliphatic rings. The second kappa shape index (κ2) is 4.24. The minimum absolute atomic E-state index is 0.476. The lowest BCUT2D eigenvalue weighted by Gasteiger charge is -2.06. The molecule has 0 fully saturated rings. The molecule has 3 heteroatoms. The summed E-state index contributed by atoms with van der Waals surface area (Å²) in [6, 6.07) is 0. The Morgan fingerprint density at radius 1 is 1.50 bits per heavy atom. The number of nitrogens with zero attached hydrogens (tertiary/aromatic N) is 3. The molecule has 0 saturated carbocycles. The summed E-state index contributed by atoms with van der Waals surface area (Å²) in [6.45, 7) is 7.48. The highest BCUT2D eigenvalue weighted by Crippen LogP contribution is 2.10. The third-order valence-corrected chi connectivity index (χ3v) is 1.89. The minimum atomic E-state index is 0.476. The topological polar surface area (TPSA) is 30.7 Å². The molecule has 0 aliphatic carbocycles. The van der Waals surface area contributed by atoms with Gasteiger partial charge in [-0.25, -0.2) is 9.67 Å². The van der Waals surface area contributed by atoms with Crippen LogP contribution in [0.5, 0.6) is 0 Å². The van der Waals surface area contributed by atoms with E-state index < -0.39 is 0 Å². The number of unbranched alkanes of at least 4 members (excludes halogenated alkanes) is 1. The first-order chi connectivity index (χ1) is 5.75. The minimum Gasteiger partial charge on any atom is -0.250 e. The normalized spacial score (nSPS) is 11.0. The first-order valence-electron chi connectivity index (χ1n) is 4.63. The van der Waals surface area contributed by atoms with E-state index in [4.69, 9.17) is 0 Å². The largest absolute Gasteiger partial charge is 0.250 e. The summed E-state index contributed by atoms with van der Waals surface area (Å²) >= 11 is 0. The predicted octanol–water partition coefficient (Wildman–Crippen LogP) is 2.20. The monoisotopic (exact) mass is 167 g/mol. The van der Waals surface area contributed by atoms with Crippen LogP contribution in [0.1, 0.15) is 45.4 Å². The first kappa shape index (κ1) is 9.23. The Hall–Kier alpha value is -0.860. The van der Waals surface area contributed by atoms with Gasteiger partial charge in [0.1, 0.15) is 12.2 Å². The summed E-state index contributed by atoms with van der Waals surface area (Å²) in [5, 5.41) is 4.18. The van der Waals surface area contributed by atoms with Crippen molar-refractivity contribution in [2.45, 2.75) is 46.1 Å². The second-order valence-electron chi connectivity index (χ2n) is 3.35. The Kier molecular flexibility index (Phi) is 3.26. The fourth-order valence-corrected chi connectivity index (χ4v) is 1.20. The lowest BCUT2D eigenvalue weighted by molar-refractivity contribution is 0.530. The number of hydrogen-bond donors (Lipinski definition) is 0. The third-order valence-electron chi connectivity index (χ3n) is 1.89. The molecular formula is C9H17N3. The van der Waals surface area contributed by atoms with Crippen molar-refractivity contribution in [1.82, 2.24) is 14.8 Å². The molecule has 0 bridgehead atoms. The van der Waals surface area contributed by atoms with E-state index in [1.54, 1.807) is 6.33 Å². The molecule has 0 amide bonds. The van der Waals surface area contributed by atoms with E-state index in [0.29, 0.717) is 5.92 Å². The van der Waals surface area contributed by atoms with E-state index in [2.05, 4.69) is 30.9 Å². The molecule has 1 heterocycles. The molecule has 0 spiro atoms. The molecule has 0 saturated heterocycles. The molecule has 1 aromatic heterocycles. The standard InChI is InChI=1S/C9H17N3/c1-4-5-6-12-9(8(2)3)10-7-11-12/h7-8H,4-6H2,1-3H3. The van der Waals surface area contributed by atoms with Crippen LogP contribution in [0.4, 0.5) is 0 Å². The zero-order valence-electron chi connectivity index (χ0n) is 8.12. The van der Waals surface area contributed by atoms with Gasteiger partial charge in [0.05, 0.1) is 0 Å². The van der Waals surface area contributed by atoms with E-state index in [1.165, 1.54) is 12.8 Å². The molecule has 0 radical (unpaired) electrons. The molecule has 3 nitrogen and oxygen atoms in total. The van der Waals surface area contributed by atoms with Crippen molar-refractivity contribution in [2.24, 2.45) is 0 Å². The van der Waals surface area contributed by atoms with Crippen molar-refractivity contribution in [2.75, 3.05) is 0 Å². The van der Waals surface area contributed by atoms with Gasteiger partial charge in [-0.3, -0.25) is 0 Å². The van der Waals surface area contributed by atoms with Crippen molar-refractivity contribution < 1.29 is 0 Å². The SMILES string of the molecule is CCCCn1ncnc1C(C)C. The van der Waals surface area contributed by atoms with Gasteiger partial charge in [0, 0.05) is 12.5 Å². The Bertz CT molecular complexity index is 227. The van der Waals surface area contributed by atoms with E-state index in [0.717, 1.165) is 12.4 Å². The highest BCUT2D eigenvalue weighted by molar-refractivity contribution is 4.90. The summed E-state index contributed by atoms with van der Waals surface area (Å²) in [7, 11) is 0. The zero-order valence-corrected chi connectivity index (χ0v) is 8.12. The van der Waals surface area contributed by atoms with Crippen molar-refractivity contribution in [1.29, 1.82) is 0 Å². The Morgan fingerprint density at radius 2 is 2.25 bits per heavy atom.